The lowest BCUT2D eigenvalue weighted by molar-refractivity contribution is -0.117. The average molecular weight is 308 g/mol. The van der Waals surface area contributed by atoms with Crippen LogP contribution in [-0.2, 0) is 4.79 Å². The van der Waals surface area contributed by atoms with Crippen LogP contribution in [0.5, 0.6) is 0 Å². The number of hydrogen-bond acceptors (Lipinski definition) is 3. The van der Waals surface area contributed by atoms with Crippen molar-refractivity contribution in [1.29, 1.82) is 0 Å². The van der Waals surface area contributed by atoms with Gasteiger partial charge in [-0.1, -0.05) is 43.7 Å². The Morgan fingerprint density at radius 3 is 2.74 bits per heavy atom. The lowest BCUT2D eigenvalue weighted by Crippen LogP contribution is -2.21. The van der Waals surface area contributed by atoms with Crippen molar-refractivity contribution >= 4 is 22.7 Å². The molecule has 0 aliphatic heterocycles. The molecule has 118 valence electrons. The number of carbonyl (C=O) groups excluding carboxylic acids is 1. The molecule has 0 saturated heterocycles. The summed E-state index contributed by atoms with van der Waals surface area (Å²) in [4.78, 5) is 17.0. The second kappa shape index (κ2) is 6.65. The maximum atomic E-state index is 12.7. The number of benzene rings is 2. The van der Waals surface area contributed by atoms with Crippen LogP contribution < -0.4 is 5.32 Å². The number of aryl methyl sites for hydroxylation is 1. The predicted molar refractivity (Wildman–Crippen MR) is 91.5 cm³/mol. The van der Waals surface area contributed by atoms with Gasteiger partial charge in [-0.05, 0) is 30.2 Å². The summed E-state index contributed by atoms with van der Waals surface area (Å²) < 4.78 is 5.46. The molecule has 0 radical (unpaired) electrons. The van der Waals surface area contributed by atoms with Crippen LogP contribution in [0.25, 0.3) is 11.1 Å². The Morgan fingerprint density at radius 2 is 2.00 bits per heavy atom. The zero-order valence-electron chi connectivity index (χ0n) is 13.4. The van der Waals surface area contributed by atoms with Gasteiger partial charge in [0.25, 0.3) is 0 Å². The largest absolute Gasteiger partial charge is 0.441 e. The van der Waals surface area contributed by atoms with Gasteiger partial charge in [-0.2, -0.15) is 0 Å². The van der Waals surface area contributed by atoms with Crippen LogP contribution in [-0.4, -0.2) is 10.9 Å². The summed E-state index contributed by atoms with van der Waals surface area (Å²) in [5.41, 5.74) is 3.28. The van der Waals surface area contributed by atoms with E-state index in [9.17, 15) is 4.79 Å². The van der Waals surface area contributed by atoms with Gasteiger partial charge in [0.15, 0.2) is 11.5 Å². The lowest BCUT2D eigenvalue weighted by atomic mass is 9.93. The first-order valence-corrected chi connectivity index (χ1v) is 7.90. The van der Waals surface area contributed by atoms with Crippen molar-refractivity contribution in [1.82, 2.24) is 4.98 Å². The highest BCUT2D eigenvalue weighted by atomic mass is 16.3. The van der Waals surface area contributed by atoms with Gasteiger partial charge in [0.1, 0.15) is 5.52 Å². The Kier molecular flexibility index (Phi) is 4.42. The molecule has 0 fully saturated rings. The fourth-order valence-electron chi connectivity index (χ4n) is 2.77. The van der Waals surface area contributed by atoms with Crippen molar-refractivity contribution in [2.75, 3.05) is 5.32 Å². The molecule has 23 heavy (non-hydrogen) atoms. The van der Waals surface area contributed by atoms with Gasteiger partial charge in [-0.25, -0.2) is 4.98 Å². The molecule has 0 saturated carbocycles. The molecule has 1 atom stereocenters. The molecule has 1 amide bonds. The zero-order valence-corrected chi connectivity index (χ0v) is 13.4. The third kappa shape index (κ3) is 3.42. The van der Waals surface area contributed by atoms with Gasteiger partial charge >= 0.3 is 0 Å². The Bertz CT molecular complexity index is 809. The number of fused-ring (bicyclic) bond motifs is 1. The van der Waals surface area contributed by atoms with E-state index in [-0.39, 0.29) is 11.8 Å². The minimum absolute atomic E-state index is 0.0117. The highest BCUT2D eigenvalue weighted by Gasteiger charge is 2.19. The van der Waals surface area contributed by atoms with Crippen molar-refractivity contribution < 1.29 is 9.21 Å². The molecule has 4 heteroatoms. The van der Waals surface area contributed by atoms with E-state index in [0.717, 1.165) is 35.2 Å². The molecule has 1 N–H and O–H groups in total. The molecule has 4 nitrogen and oxygen atoms in total. The fourth-order valence-corrected chi connectivity index (χ4v) is 2.77. The standard InChI is InChI=1S/C19H20N2O2/c1-3-7-16(14-8-5-4-6-9-14)19(22)21-15-10-11-18-17(12-15)20-13(2)23-18/h4-6,8-12,16H,3,7H2,1-2H3,(H,21,22)/t16-/m0/s1. The number of nitrogens with one attached hydrogen (secondary N) is 1. The summed E-state index contributed by atoms with van der Waals surface area (Å²) in [6.07, 6.45) is 1.77. The number of hydrogen-bond donors (Lipinski definition) is 1. The molecule has 0 unspecified atom stereocenters. The highest BCUT2D eigenvalue weighted by Crippen LogP contribution is 2.25. The maximum absolute atomic E-state index is 12.7. The summed E-state index contributed by atoms with van der Waals surface area (Å²) in [7, 11) is 0. The van der Waals surface area contributed by atoms with Gasteiger partial charge in [0.05, 0.1) is 5.92 Å². The predicted octanol–water partition coefficient (Wildman–Crippen LogP) is 4.66. The number of anilines is 1. The van der Waals surface area contributed by atoms with Gasteiger partial charge in [-0.15, -0.1) is 0 Å². The van der Waals surface area contributed by atoms with Crippen molar-refractivity contribution in [2.24, 2.45) is 0 Å². The van der Waals surface area contributed by atoms with Gasteiger partial charge in [-0.3, -0.25) is 4.79 Å². The topological polar surface area (TPSA) is 55.1 Å². The number of rotatable bonds is 5. The monoisotopic (exact) mass is 308 g/mol. The third-order valence-corrected chi connectivity index (χ3v) is 3.86. The van der Waals surface area contributed by atoms with Crippen LogP contribution in [0.3, 0.4) is 0 Å². The van der Waals surface area contributed by atoms with Crippen LogP contribution in [0.2, 0.25) is 0 Å². The molecule has 0 aliphatic rings. The van der Waals surface area contributed by atoms with Gasteiger partial charge in [0, 0.05) is 12.6 Å². The Labute approximate surface area is 135 Å². The molecule has 0 bridgehead atoms. The van der Waals surface area contributed by atoms with Crippen molar-refractivity contribution in [3.8, 4) is 0 Å². The zero-order chi connectivity index (χ0) is 16.2. The summed E-state index contributed by atoms with van der Waals surface area (Å²) in [6, 6.07) is 15.4. The van der Waals surface area contributed by atoms with E-state index in [1.165, 1.54) is 0 Å². The highest BCUT2D eigenvalue weighted by molar-refractivity contribution is 5.97. The molecular formula is C19H20N2O2. The minimum atomic E-state index is -0.143. The minimum Gasteiger partial charge on any atom is -0.441 e. The van der Waals surface area contributed by atoms with Crippen LogP contribution in [0.4, 0.5) is 5.69 Å². The summed E-state index contributed by atoms with van der Waals surface area (Å²) in [5, 5.41) is 3.01. The van der Waals surface area contributed by atoms with E-state index in [2.05, 4.69) is 17.2 Å². The fraction of sp³-hybridized carbons (Fsp3) is 0.263. The van der Waals surface area contributed by atoms with E-state index in [1.807, 2.05) is 55.5 Å². The first kappa shape index (κ1) is 15.3. The normalized spacial score (nSPS) is 12.3. The second-order valence-corrected chi connectivity index (χ2v) is 5.66. The molecular weight excluding hydrogens is 288 g/mol. The molecule has 1 aromatic heterocycles. The van der Waals surface area contributed by atoms with Crippen LogP contribution in [0, 0.1) is 6.92 Å². The number of carbonyl (C=O) groups is 1. The molecule has 3 rings (SSSR count). The molecule has 3 aromatic rings. The van der Waals surface area contributed by atoms with Gasteiger partial charge < -0.3 is 9.73 Å². The third-order valence-electron chi connectivity index (χ3n) is 3.86. The summed E-state index contributed by atoms with van der Waals surface area (Å²) in [6.45, 7) is 3.90. The number of aromatic nitrogens is 1. The van der Waals surface area contributed by atoms with Crippen molar-refractivity contribution in [3.05, 3.63) is 60.0 Å². The van der Waals surface area contributed by atoms with Crippen LogP contribution in [0.1, 0.15) is 37.1 Å². The smallest absolute Gasteiger partial charge is 0.231 e. The Morgan fingerprint density at radius 1 is 1.22 bits per heavy atom. The molecule has 1 heterocycles. The SMILES string of the molecule is CCC[C@H](C(=O)Nc1ccc2oc(C)nc2c1)c1ccccc1. The van der Waals surface area contributed by atoms with Crippen molar-refractivity contribution in [3.63, 3.8) is 0 Å². The van der Waals surface area contributed by atoms with Gasteiger partial charge in [0.2, 0.25) is 5.91 Å². The van der Waals surface area contributed by atoms with Crippen molar-refractivity contribution in [2.45, 2.75) is 32.6 Å². The maximum Gasteiger partial charge on any atom is 0.231 e. The summed E-state index contributed by atoms with van der Waals surface area (Å²) >= 11 is 0. The van der Waals surface area contributed by atoms with E-state index < -0.39 is 0 Å². The van der Waals surface area contributed by atoms with E-state index in [0.29, 0.717) is 5.89 Å². The quantitative estimate of drug-likeness (QED) is 0.746. The molecule has 2 aromatic carbocycles. The number of nitrogens with zero attached hydrogens (tertiary/aromatic N) is 1. The average Bonchev–Trinajstić information content (AvgIpc) is 2.92. The first-order valence-electron chi connectivity index (χ1n) is 7.90. The second-order valence-electron chi connectivity index (χ2n) is 5.66. The number of amides is 1. The number of oxazole rings is 1. The lowest BCUT2D eigenvalue weighted by Gasteiger charge is -2.16. The first-order chi connectivity index (χ1) is 11.2. The Hall–Kier alpha value is -2.62. The van der Waals surface area contributed by atoms with Crippen LogP contribution >= 0.6 is 0 Å². The van der Waals surface area contributed by atoms with E-state index in [1.54, 1.807) is 0 Å². The van der Waals surface area contributed by atoms with E-state index >= 15 is 0 Å². The summed E-state index contributed by atoms with van der Waals surface area (Å²) in [5.74, 6) is 0.491. The van der Waals surface area contributed by atoms with E-state index in [4.69, 9.17) is 4.42 Å². The molecule has 0 aliphatic carbocycles. The molecule has 0 spiro atoms. The Balaban J connectivity index is 1.82. The van der Waals surface area contributed by atoms with Crippen LogP contribution in [0.15, 0.2) is 52.9 Å².